The van der Waals surface area contributed by atoms with Crippen LogP contribution in [0.5, 0.6) is 0 Å². The van der Waals surface area contributed by atoms with Crippen molar-refractivity contribution in [1.29, 1.82) is 0 Å². The van der Waals surface area contributed by atoms with Gasteiger partial charge in [-0.1, -0.05) is 18.2 Å². The van der Waals surface area contributed by atoms with Crippen molar-refractivity contribution in [3.05, 3.63) is 47.5 Å². The van der Waals surface area contributed by atoms with Crippen LogP contribution < -0.4 is 5.32 Å². The number of carbonyl (C=O) groups excluding carboxylic acids is 2. The summed E-state index contributed by atoms with van der Waals surface area (Å²) in [5.41, 5.74) is -1.09. The number of alkyl halides is 3. The molecule has 0 aliphatic carbocycles. The molecule has 1 aromatic rings. The van der Waals surface area contributed by atoms with Gasteiger partial charge in [0.05, 0.1) is 12.2 Å². The highest BCUT2D eigenvalue weighted by molar-refractivity contribution is 5.87. The van der Waals surface area contributed by atoms with Crippen LogP contribution in [0.4, 0.5) is 13.2 Å². The van der Waals surface area contributed by atoms with Gasteiger partial charge in [-0.25, -0.2) is 9.59 Å². The van der Waals surface area contributed by atoms with Crippen LogP contribution in [0.15, 0.2) is 36.4 Å². The molecule has 0 unspecified atom stereocenters. The number of carboxylic acid groups (broad SMARTS) is 1. The Bertz CT molecular complexity index is 700. The maximum atomic E-state index is 12.5. The molecule has 0 spiro atoms. The number of halogens is 3. The number of aliphatic hydroxyl groups excluding tert-OH is 1. The number of hydrogen-bond acceptors (Lipinski definition) is 5. The normalized spacial score (nSPS) is 13.8. The summed E-state index contributed by atoms with van der Waals surface area (Å²) in [5.74, 6) is -3.21. The summed E-state index contributed by atoms with van der Waals surface area (Å²) in [4.78, 5) is 34.3. The summed E-state index contributed by atoms with van der Waals surface area (Å²) >= 11 is 0. The number of nitrogens with one attached hydrogen (secondary N) is 1. The molecule has 1 amide bonds. The number of esters is 1. The average Bonchev–Trinajstić information content (AvgIpc) is 2.59. The van der Waals surface area contributed by atoms with Gasteiger partial charge in [-0.15, -0.1) is 0 Å². The first-order valence-corrected chi connectivity index (χ1v) is 7.78. The van der Waals surface area contributed by atoms with Gasteiger partial charge in [0.2, 0.25) is 0 Å². The molecule has 0 fully saturated rings. The Morgan fingerprint density at radius 3 is 2.30 bits per heavy atom. The molecule has 0 saturated carbocycles. The van der Waals surface area contributed by atoms with Gasteiger partial charge in [0.1, 0.15) is 6.04 Å². The van der Waals surface area contributed by atoms with Crippen molar-refractivity contribution in [1.82, 2.24) is 5.32 Å². The minimum atomic E-state index is -4.56. The second-order valence-electron chi connectivity index (χ2n) is 5.31. The zero-order valence-electron chi connectivity index (χ0n) is 14.2. The molecular formula is C17H18F3NO6. The number of hydrogen-bond donors (Lipinski definition) is 3. The van der Waals surface area contributed by atoms with E-state index in [1.807, 2.05) is 0 Å². The molecule has 10 heteroatoms. The fourth-order valence-electron chi connectivity index (χ4n) is 1.97. The maximum Gasteiger partial charge on any atom is 0.416 e. The van der Waals surface area contributed by atoms with E-state index in [9.17, 15) is 32.7 Å². The molecular weight excluding hydrogens is 371 g/mol. The number of aliphatic carboxylic acids is 1. The first-order valence-electron chi connectivity index (χ1n) is 7.78. The summed E-state index contributed by atoms with van der Waals surface area (Å²) in [6, 6.07) is 1.78. The number of aliphatic hydroxyl groups is 1. The van der Waals surface area contributed by atoms with Crippen LogP contribution in [-0.2, 0) is 25.3 Å². The minimum Gasteiger partial charge on any atom is -0.480 e. The van der Waals surface area contributed by atoms with Crippen LogP contribution in [0.3, 0.4) is 0 Å². The Balaban J connectivity index is 2.75. The first kappa shape index (κ1) is 22.2. The van der Waals surface area contributed by atoms with Crippen molar-refractivity contribution >= 4 is 17.8 Å². The van der Waals surface area contributed by atoms with Crippen LogP contribution in [-0.4, -0.2) is 40.7 Å². The largest absolute Gasteiger partial charge is 0.480 e. The van der Waals surface area contributed by atoms with E-state index in [1.54, 1.807) is 6.92 Å². The lowest BCUT2D eigenvalue weighted by Crippen LogP contribution is -2.42. The van der Waals surface area contributed by atoms with E-state index in [4.69, 9.17) is 5.11 Å². The van der Waals surface area contributed by atoms with Crippen molar-refractivity contribution in [3.63, 3.8) is 0 Å². The molecule has 0 bridgehead atoms. The van der Waals surface area contributed by atoms with Gasteiger partial charge in [-0.3, -0.25) is 4.79 Å². The van der Waals surface area contributed by atoms with Crippen molar-refractivity contribution in [2.75, 3.05) is 6.61 Å². The molecule has 0 saturated heterocycles. The minimum absolute atomic E-state index is 0.133. The fourth-order valence-corrected chi connectivity index (χ4v) is 1.97. The van der Waals surface area contributed by atoms with Crippen LogP contribution >= 0.6 is 0 Å². The monoisotopic (exact) mass is 389 g/mol. The Hall–Kier alpha value is -2.88. The van der Waals surface area contributed by atoms with Crippen molar-refractivity contribution < 1.29 is 42.5 Å². The highest BCUT2D eigenvalue weighted by atomic mass is 19.4. The van der Waals surface area contributed by atoms with Crippen molar-refractivity contribution in [3.8, 4) is 0 Å². The number of ether oxygens (including phenoxy) is 1. The molecule has 0 aromatic heterocycles. The van der Waals surface area contributed by atoms with E-state index in [1.165, 1.54) is 6.08 Å². The topological polar surface area (TPSA) is 113 Å². The van der Waals surface area contributed by atoms with Gasteiger partial charge in [-0.05, 0) is 31.0 Å². The lowest BCUT2D eigenvalue weighted by Gasteiger charge is -2.17. The molecule has 0 aliphatic heterocycles. The summed E-state index contributed by atoms with van der Waals surface area (Å²) < 4.78 is 42.2. The molecule has 148 valence electrons. The third-order valence-electron chi connectivity index (χ3n) is 3.33. The predicted octanol–water partition coefficient (Wildman–Crippen LogP) is 1.82. The maximum absolute atomic E-state index is 12.5. The van der Waals surface area contributed by atoms with Gasteiger partial charge < -0.3 is 20.3 Å². The Labute approximate surface area is 152 Å². The lowest BCUT2D eigenvalue weighted by molar-refractivity contribution is -0.143. The standard InChI is InChI=1S/C17H18F3NO6/c1-2-27-13(22)5-3-4-12(16(25)26)21-15(24)14(23)10-6-8-11(9-7-10)17(18,19)20/h3,5-9,12,14,23H,2,4H2,1H3,(H,21,24)(H,25,26)/b5-3+/t12-,14+/m1/s1. The third-order valence-corrected chi connectivity index (χ3v) is 3.33. The number of amides is 1. The van der Waals surface area contributed by atoms with Gasteiger partial charge >= 0.3 is 18.1 Å². The summed E-state index contributed by atoms with van der Waals surface area (Å²) in [6.45, 7) is 1.73. The third kappa shape index (κ3) is 7.10. The van der Waals surface area contributed by atoms with E-state index >= 15 is 0 Å². The van der Waals surface area contributed by atoms with Crippen LogP contribution in [0.2, 0.25) is 0 Å². The smallest absolute Gasteiger partial charge is 0.416 e. The molecule has 1 rings (SSSR count). The second-order valence-corrected chi connectivity index (χ2v) is 5.31. The zero-order valence-corrected chi connectivity index (χ0v) is 14.2. The Morgan fingerprint density at radius 1 is 1.22 bits per heavy atom. The van der Waals surface area contributed by atoms with Crippen LogP contribution in [0.1, 0.15) is 30.6 Å². The Morgan fingerprint density at radius 2 is 1.81 bits per heavy atom. The number of benzene rings is 1. The molecule has 3 N–H and O–H groups in total. The highest BCUT2D eigenvalue weighted by Crippen LogP contribution is 2.29. The molecule has 0 radical (unpaired) electrons. The van der Waals surface area contributed by atoms with E-state index in [2.05, 4.69) is 10.1 Å². The molecule has 1 aromatic carbocycles. The van der Waals surface area contributed by atoms with Gasteiger partial charge in [0.25, 0.3) is 5.91 Å². The number of rotatable bonds is 8. The van der Waals surface area contributed by atoms with E-state index < -0.39 is 41.7 Å². The van der Waals surface area contributed by atoms with Crippen molar-refractivity contribution in [2.45, 2.75) is 31.7 Å². The number of carbonyl (C=O) groups is 3. The quantitative estimate of drug-likeness (QED) is 0.462. The first-order chi connectivity index (χ1) is 12.6. The van der Waals surface area contributed by atoms with Gasteiger partial charge in [0, 0.05) is 6.08 Å². The highest BCUT2D eigenvalue weighted by Gasteiger charge is 2.31. The zero-order chi connectivity index (χ0) is 20.6. The lowest BCUT2D eigenvalue weighted by atomic mass is 10.1. The van der Waals surface area contributed by atoms with Crippen LogP contribution in [0, 0.1) is 0 Å². The second kappa shape index (κ2) is 9.72. The summed E-state index contributed by atoms with van der Waals surface area (Å²) in [6.07, 6.45) is -4.51. The molecule has 2 atom stereocenters. The summed E-state index contributed by atoms with van der Waals surface area (Å²) in [5, 5.41) is 21.1. The molecule has 7 nitrogen and oxygen atoms in total. The SMILES string of the molecule is CCOC(=O)/C=C/C[C@@H](NC(=O)[C@@H](O)c1ccc(C(F)(F)F)cc1)C(=O)O. The van der Waals surface area contributed by atoms with Crippen LogP contribution in [0.25, 0.3) is 0 Å². The van der Waals surface area contributed by atoms with E-state index in [-0.39, 0.29) is 18.6 Å². The van der Waals surface area contributed by atoms with Gasteiger partial charge in [0.15, 0.2) is 6.10 Å². The van der Waals surface area contributed by atoms with Gasteiger partial charge in [-0.2, -0.15) is 13.2 Å². The van der Waals surface area contributed by atoms with E-state index in [0.29, 0.717) is 12.1 Å². The Kier molecular flexibility index (Phi) is 7.98. The molecule has 0 heterocycles. The molecule has 0 aliphatic rings. The fraction of sp³-hybridized carbons (Fsp3) is 0.353. The number of carboxylic acids is 1. The van der Waals surface area contributed by atoms with E-state index in [0.717, 1.165) is 18.2 Å². The predicted molar refractivity (Wildman–Crippen MR) is 86.4 cm³/mol. The summed E-state index contributed by atoms with van der Waals surface area (Å²) in [7, 11) is 0. The molecule has 27 heavy (non-hydrogen) atoms. The average molecular weight is 389 g/mol. The van der Waals surface area contributed by atoms with Crippen molar-refractivity contribution in [2.24, 2.45) is 0 Å².